The molecule has 3 aliphatic rings. The minimum atomic E-state index is -0.578. The molecule has 2 N–H and O–H groups in total. The smallest absolute Gasteiger partial charge is 0.322 e. The van der Waals surface area contributed by atoms with E-state index in [0.29, 0.717) is 6.42 Å². The largest absolute Gasteiger partial charge is 0.340 e. The number of hydrogen-bond donors (Lipinski definition) is 2. The first-order valence-electron chi connectivity index (χ1n) is 8.68. The Balaban J connectivity index is 1.55. The fourth-order valence-corrected chi connectivity index (χ4v) is 3.94. The van der Waals surface area contributed by atoms with Crippen LogP contribution in [0.15, 0.2) is 0 Å². The van der Waals surface area contributed by atoms with Gasteiger partial charge in [0.15, 0.2) is 0 Å². The monoisotopic (exact) mass is 337 g/mol. The highest BCUT2D eigenvalue weighted by molar-refractivity contribution is 6.04. The predicted octanol–water partition coefficient (Wildman–Crippen LogP) is -0.787. The van der Waals surface area contributed by atoms with Gasteiger partial charge in [0.05, 0.1) is 0 Å². The summed E-state index contributed by atoms with van der Waals surface area (Å²) in [4.78, 5) is 42.0. The highest BCUT2D eigenvalue weighted by Crippen LogP contribution is 2.31. The zero-order valence-electron chi connectivity index (χ0n) is 14.5. The summed E-state index contributed by atoms with van der Waals surface area (Å²) in [5.74, 6) is -0.256. The number of piperidine rings is 1. The molecule has 3 saturated heterocycles. The number of piperazine rings is 1. The Labute approximate surface area is 142 Å². The summed E-state index contributed by atoms with van der Waals surface area (Å²) in [5, 5.41) is 4.75. The lowest BCUT2D eigenvalue weighted by Gasteiger charge is -2.52. The van der Waals surface area contributed by atoms with E-state index < -0.39 is 12.1 Å². The molecule has 3 fully saturated rings. The lowest BCUT2D eigenvalue weighted by Crippen LogP contribution is -2.65. The molecule has 0 saturated carbocycles. The molecule has 0 aromatic carbocycles. The van der Waals surface area contributed by atoms with E-state index in [4.69, 9.17) is 0 Å². The molecule has 134 valence electrons. The molecule has 0 aromatic heterocycles. The van der Waals surface area contributed by atoms with Gasteiger partial charge in [0.2, 0.25) is 5.91 Å². The van der Waals surface area contributed by atoms with E-state index >= 15 is 0 Å². The summed E-state index contributed by atoms with van der Waals surface area (Å²) in [7, 11) is 4.30. The van der Waals surface area contributed by atoms with E-state index in [1.165, 1.54) is 0 Å². The van der Waals surface area contributed by atoms with Gasteiger partial charge in [0.25, 0.3) is 5.91 Å². The lowest BCUT2D eigenvalue weighted by atomic mass is 9.83. The number of imide groups is 1. The Morgan fingerprint density at radius 1 is 1.17 bits per heavy atom. The summed E-state index contributed by atoms with van der Waals surface area (Å²) >= 11 is 0. The Bertz CT molecular complexity index is 530. The first-order chi connectivity index (χ1) is 11.4. The van der Waals surface area contributed by atoms with E-state index in [9.17, 15) is 14.4 Å². The van der Waals surface area contributed by atoms with E-state index in [2.05, 4.69) is 34.5 Å². The van der Waals surface area contributed by atoms with Crippen LogP contribution in [0.3, 0.4) is 0 Å². The lowest BCUT2D eigenvalue weighted by molar-refractivity contribution is -0.138. The minimum Gasteiger partial charge on any atom is -0.340 e. The summed E-state index contributed by atoms with van der Waals surface area (Å²) in [6.07, 6.45) is 2.80. The topological polar surface area (TPSA) is 85.0 Å². The molecule has 1 spiro atoms. The molecular formula is C16H27N5O3. The van der Waals surface area contributed by atoms with E-state index in [-0.39, 0.29) is 23.8 Å². The maximum absolute atomic E-state index is 12.6. The van der Waals surface area contributed by atoms with Crippen molar-refractivity contribution in [2.24, 2.45) is 0 Å². The number of carbonyl (C=O) groups is 3. The highest BCUT2D eigenvalue weighted by atomic mass is 16.2. The first-order valence-corrected chi connectivity index (χ1v) is 8.68. The maximum atomic E-state index is 12.6. The van der Waals surface area contributed by atoms with Crippen LogP contribution in [0.2, 0.25) is 0 Å². The van der Waals surface area contributed by atoms with Crippen LogP contribution in [0.25, 0.3) is 0 Å². The van der Waals surface area contributed by atoms with Gasteiger partial charge in [-0.1, -0.05) is 0 Å². The van der Waals surface area contributed by atoms with Crippen LogP contribution in [0.5, 0.6) is 0 Å². The average molecular weight is 337 g/mol. The second-order valence-electron chi connectivity index (χ2n) is 7.32. The molecule has 0 radical (unpaired) electrons. The maximum Gasteiger partial charge on any atom is 0.322 e. The fraction of sp³-hybridized carbons (Fsp3) is 0.812. The molecule has 3 rings (SSSR count). The second-order valence-corrected chi connectivity index (χ2v) is 7.32. The number of likely N-dealkylation sites (N-methyl/N-ethyl adjacent to an activating group) is 1. The SMILES string of the molecule is CN1CCC2(CC1)CN(C(=O)CC[C@@H]1NC(=O)NC1=O)CCN2C. The molecule has 8 heteroatoms. The number of carbonyl (C=O) groups excluding carboxylic acids is 3. The molecule has 24 heavy (non-hydrogen) atoms. The molecule has 0 aromatic rings. The molecule has 0 unspecified atom stereocenters. The summed E-state index contributed by atoms with van der Waals surface area (Å²) in [6, 6.07) is -1.05. The molecule has 3 aliphatic heterocycles. The Morgan fingerprint density at radius 3 is 2.50 bits per heavy atom. The molecule has 0 aliphatic carbocycles. The van der Waals surface area contributed by atoms with Crippen molar-refractivity contribution in [3.8, 4) is 0 Å². The van der Waals surface area contributed by atoms with Crippen LogP contribution in [0.4, 0.5) is 4.79 Å². The van der Waals surface area contributed by atoms with Gasteiger partial charge in [-0.25, -0.2) is 4.79 Å². The van der Waals surface area contributed by atoms with E-state index in [1.54, 1.807) is 0 Å². The van der Waals surface area contributed by atoms with Crippen molar-refractivity contribution in [2.75, 3.05) is 46.8 Å². The molecule has 8 nitrogen and oxygen atoms in total. The third kappa shape index (κ3) is 3.39. The van der Waals surface area contributed by atoms with Gasteiger partial charge in [-0.2, -0.15) is 0 Å². The van der Waals surface area contributed by atoms with Crippen LogP contribution < -0.4 is 10.6 Å². The third-order valence-electron chi connectivity index (χ3n) is 5.78. The van der Waals surface area contributed by atoms with Gasteiger partial charge < -0.3 is 15.1 Å². The summed E-state index contributed by atoms with van der Waals surface area (Å²) < 4.78 is 0. The number of nitrogens with zero attached hydrogens (tertiary/aromatic N) is 3. The van der Waals surface area contributed by atoms with Gasteiger partial charge >= 0.3 is 6.03 Å². The van der Waals surface area contributed by atoms with Crippen LogP contribution in [-0.2, 0) is 9.59 Å². The Hall–Kier alpha value is -1.67. The minimum absolute atomic E-state index is 0.0790. The first kappa shape index (κ1) is 17.2. The van der Waals surface area contributed by atoms with Gasteiger partial charge in [-0.3, -0.25) is 19.8 Å². The second kappa shape index (κ2) is 6.68. The summed E-state index contributed by atoms with van der Waals surface area (Å²) in [6.45, 7) is 4.49. The molecular weight excluding hydrogens is 310 g/mol. The van der Waals surface area contributed by atoms with Crippen molar-refractivity contribution in [1.82, 2.24) is 25.3 Å². The number of nitrogens with one attached hydrogen (secondary N) is 2. The van der Waals surface area contributed by atoms with E-state index in [0.717, 1.165) is 45.6 Å². The van der Waals surface area contributed by atoms with Crippen LogP contribution in [-0.4, -0.2) is 90.9 Å². The Morgan fingerprint density at radius 2 is 1.88 bits per heavy atom. The molecule has 3 heterocycles. The van der Waals surface area contributed by atoms with Crippen molar-refractivity contribution in [1.29, 1.82) is 0 Å². The highest BCUT2D eigenvalue weighted by Gasteiger charge is 2.42. The zero-order chi connectivity index (χ0) is 17.3. The van der Waals surface area contributed by atoms with Crippen LogP contribution in [0.1, 0.15) is 25.7 Å². The Kier molecular flexibility index (Phi) is 4.78. The van der Waals surface area contributed by atoms with Crippen molar-refractivity contribution in [2.45, 2.75) is 37.3 Å². The van der Waals surface area contributed by atoms with Crippen molar-refractivity contribution >= 4 is 17.8 Å². The molecule has 1 atom stereocenters. The van der Waals surface area contributed by atoms with Crippen molar-refractivity contribution in [3.05, 3.63) is 0 Å². The third-order valence-corrected chi connectivity index (χ3v) is 5.78. The van der Waals surface area contributed by atoms with Crippen molar-refractivity contribution in [3.63, 3.8) is 0 Å². The quantitative estimate of drug-likeness (QED) is 0.660. The average Bonchev–Trinajstić information content (AvgIpc) is 2.88. The fourth-order valence-electron chi connectivity index (χ4n) is 3.94. The van der Waals surface area contributed by atoms with Gasteiger partial charge in [-0.05, 0) is 46.4 Å². The number of amides is 4. The number of hydrogen-bond acceptors (Lipinski definition) is 5. The number of rotatable bonds is 3. The zero-order valence-corrected chi connectivity index (χ0v) is 14.5. The van der Waals surface area contributed by atoms with Gasteiger partial charge in [0, 0.05) is 31.6 Å². The van der Waals surface area contributed by atoms with Crippen LogP contribution in [0, 0.1) is 0 Å². The van der Waals surface area contributed by atoms with Crippen LogP contribution >= 0.6 is 0 Å². The number of urea groups is 1. The number of likely N-dealkylation sites (tertiary alicyclic amines) is 1. The van der Waals surface area contributed by atoms with Gasteiger partial charge in [0.1, 0.15) is 6.04 Å². The standard InChI is InChI=1S/C16H27N5O3/c1-19-7-5-16(6-8-19)11-21(10-9-20(16)2)13(22)4-3-12-14(23)18-15(24)17-12/h12H,3-11H2,1-2H3,(H2,17,18,23,24)/t12-/m0/s1. The normalized spacial score (nSPS) is 28.1. The summed E-state index contributed by atoms with van der Waals surface area (Å²) in [5.41, 5.74) is 0.0827. The van der Waals surface area contributed by atoms with Gasteiger partial charge in [-0.15, -0.1) is 0 Å². The molecule has 0 bridgehead atoms. The van der Waals surface area contributed by atoms with Crippen molar-refractivity contribution < 1.29 is 14.4 Å². The molecule has 4 amide bonds. The van der Waals surface area contributed by atoms with E-state index in [1.807, 2.05) is 4.90 Å². The predicted molar refractivity (Wildman–Crippen MR) is 88.4 cm³/mol.